The first kappa shape index (κ1) is 27.9. The van der Waals surface area contributed by atoms with E-state index in [9.17, 15) is 19.2 Å². The van der Waals surface area contributed by atoms with Crippen LogP contribution in [-0.4, -0.2) is 40.2 Å². The Kier molecular flexibility index (Phi) is 8.78. The van der Waals surface area contributed by atoms with Crippen LogP contribution in [0.4, 0.5) is 11.4 Å². The standard InChI is InChI=1S/C31H29N5O4/c1-4-28(37)34-25-12-8-11-23(16-25)29(38)24-15-21(17-33-18-24)19-36-27(22-9-6-5-7-10-22)14-13-26(31(36)40)35-30(39)20(2)32-3/h4-18,20,32H,1,19H2,2-3H3,(H,34,37)(H,35,39)/t20-/m0/s1. The van der Waals surface area contributed by atoms with Crippen molar-refractivity contribution in [1.82, 2.24) is 14.9 Å². The van der Waals surface area contributed by atoms with E-state index in [1.165, 1.54) is 6.20 Å². The smallest absolute Gasteiger partial charge is 0.275 e. The lowest BCUT2D eigenvalue weighted by Crippen LogP contribution is -2.37. The van der Waals surface area contributed by atoms with Crippen molar-refractivity contribution in [3.05, 3.63) is 125 Å². The van der Waals surface area contributed by atoms with Gasteiger partial charge < -0.3 is 20.5 Å². The zero-order chi connectivity index (χ0) is 28.6. The molecule has 0 saturated heterocycles. The van der Waals surface area contributed by atoms with Crippen LogP contribution >= 0.6 is 0 Å². The number of anilines is 2. The van der Waals surface area contributed by atoms with Crippen molar-refractivity contribution in [2.45, 2.75) is 19.5 Å². The number of likely N-dealkylation sites (N-methyl/N-ethyl adjacent to an activating group) is 1. The summed E-state index contributed by atoms with van der Waals surface area (Å²) in [5, 5.41) is 8.20. The Morgan fingerprint density at radius 3 is 2.45 bits per heavy atom. The number of pyridine rings is 2. The fourth-order valence-corrected chi connectivity index (χ4v) is 4.04. The molecule has 0 unspecified atom stereocenters. The van der Waals surface area contributed by atoms with Crippen molar-refractivity contribution < 1.29 is 14.4 Å². The first-order valence-electron chi connectivity index (χ1n) is 12.6. The van der Waals surface area contributed by atoms with Crippen LogP contribution in [0, 0.1) is 0 Å². The number of hydrogen-bond acceptors (Lipinski definition) is 6. The van der Waals surface area contributed by atoms with Crippen molar-refractivity contribution in [3.8, 4) is 11.3 Å². The van der Waals surface area contributed by atoms with Gasteiger partial charge in [-0.3, -0.25) is 24.2 Å². The molecule has 0 radical (unpaired) electrons. The van der Waals surface area contributed by atoms with E-state index >= 15 is 0 Å². The third-order valence-electron chi connectivity index (χ3n) is 6.30. The van der Waals surface area contributed by atoms with Gasteiger partial charge in [-0.2, -0.15) is 0 Å². The third-order valence-corrected chi connectivity index (χ3v) is 6.30. The predicted octanol–water partition coefficient (Wildman–Crippen LogP) is 3.86. The van der Waals surface area contributed by atoms with E-state index in [1.807, 2.05) is 30.3 Å². The molecule has 1 atom stereocenters. The number of amides is 2. The van der Waals surface area contributed by atoms with Gasteiger partial charge in [0.05, 0.1) is 18.3 Å². The second kappa shape index (κ2) is 12.6. The Morgan fingerprint density at radius 1 is 0.950 bits per heavy atom. The average molecular weight is 536 g/mol. The molecule has 9 nitrogen and oxygen atoms in total. The van der Waals surface area contributed by atoms with Gasteiger partial charge in [0.1, 0.15) is 5.69 Å². The van der Waals surface area contributed by atoms with E-state index in [4.69, 9.17) is 0 Å². The van der Waals surface area contributed by atoms with Crippen molar-refractivity contribution in [3.63, 3.8) is 0 Å². The number of rotatable bonds is 10. The number of ketones is 1. The molecule has 0 bridgehead atoms. The molecule has 4 aromatic rings. The second-order valence-electron chi connectivity index (χ2n) is 9.07. The predicted molar refractivity (Wildman–Crippen MR) is 155 cm³/mol. The van der Waals surface area contributed by atoms with Crippen molar-refractivity contribution >= 4 is 29.0 Å². The van der Waals surface area contributed by atoms with Gasteiger partial charge in [-0.1, -0.05) is 49.0 Å². The Morgan fingerprint density at radius 2 is 1.73 bits per heavy atom. The van der Waals surface area contributed by atoms with Crippen LogP contribution in [0.1, 0.15) is 28.4 Å². The number of benzene rings is 2. The number of nitrogens with one attached hydrogen (secondary N) is 3. The number of carbonyl (C=O) groups excluding carboxylic acids is 3. The molecule has 4 rings (SSSR count). The molecular formula is C31H29N5O4. The maximum Gasteiger partial charge on any atom is 0.275 e. The molecule has 0 saturated carbocycles. The summed E-state index contributed by atoms with van der Waals surface area (Å²) >= 11 is 0. The minimum Gasteiger partial charge on any atom is -0.323 e. The van der Waals surface area contributed by atoms with Gasteiger partial charge in [-0.25, -0.2) is 0 Å². The third kappa shape index (κ3) is 6.46. The van der Waals surface area contributed by atoms with Crippen LogP contribution in [0.3, 0.4) is 0 Å². The van der Waals surface area contributed by atoms with Gasteiger partial charge in [-0.05, 0) is 61.5 Å². The summed E-state index contributed by atoms with van der Waals surface area (Å²) in [6.45, 7) is 5.24. The lowest BCUT2D eigenvalue weighted by atomic mass is 10.0. The molecule has 3 N–H and O–H groups in total. The molecule has 0 aliphatic rings. The lowest BCUT2D eigenvalue weighted by molar-refractivity contribution is -0.117. The van der Waals surface area contributed by atoms with E-state index in [2.05, 4.69) is 27.5 Å². The maximum atomic E-state index is 13.6. The molecule has 2 heterocycles. The van der Waals surface area contributed by atoms with Gasteiger partial charge in [-0.15, -0.1) is 0 Å². The van der Waals surface area contributed by atoms with E-state index in [0.29, 0.717) is 28.1 Å². The van der Waals surface area contributed by atoms with Crippen LogP contribution < -0.4 is 21.5 Å². The Balaban J connectivity index is 1.69. The molecule has 2 aromatic carbocycles. The van der Waals surface area contributed by atoms with E-state index in [1.54, 1.807) is 67.2 Å². The Hall–Kier alpha value is -5.15. The van der Waals surface area contributed by atoms with Crippen molar-refractivity contribution in [2.24, 2.45) is 0 Å². The van der Waals surface area contributed by atoms with Crippen LogP contribution in [0.2, 0.25) is 0 Å². The van der Waals surface area contributed by atoms with E-state index in [-0.39, 0.29) is 35.4 Å². The summed E-state index contributed by atoms with van der Waals surface area (Å²) in [6, 6.07) is 20.6. The van der Waals surface area contributed by atoms with Crippen LogP contribution in [0.5, 0.6) is 0 Å². The van der Waals surface area contributed by atoms with Gasteiger partial charge in [0.2, 0.25) is 11.8 Å². The zero-order valence-corrected chi connectivity index (χ0v) is 22.2. The topological polar surface area (TPSA) is 122 Å². The number of carbonyl (C=O) groups is 3. The maximum absolute atomic E-state index is 13.6. The van der Waals surface area contributed by atoms with E-state index < -0.39 is 6.04 Å². The summed E-state index contributed by atoms with van der Waals surface area (Å²) in [5.41, 5.74) is 2.99. The first-order chi connectivity index (χ1) is 19.3. The highest BCUT2D eigenvalue weighted by Gasteiger charge is 2.17. The number of aromatic nitrogens is 2. The minimum absolute atomic E-state index is 0.109. The summed E-state index contributed by atoms with van der Waals surface area (Å²) < 4.78 is 1.55. The van der Waals surface area contributed by atoms with Crippen molar-refractivity contribution in [1.29, 1.82) is 0 Å². The number of nitrogens with zero attached hydrogens (tertiary/aromatic N) is 2. The normalized spacial score (nSPS) is 11.3. The molecule has 0 fully saturated rings. The van der Waals surface area contributed by atoms with Gasteiger partial charge in [0.25, 0.3) is 5.56 Å². The molecule has 0 aliphatic heterocycles. The van der Waals surface area contributed by atoms with E-state index in [0.717, 1.165) is 11.6 Å². The highest BCUT2D eigenvalue weighted by Crippen LogP contribution is 2.21. The van der Waals surface area contributed by atoms with Crippen LogP contribution in [0.25, 0.3) is 11.3 Å². The second-order valence-corrected chi connectivity index (χ2v) is 9.07. The molecule has 202 valence electrons. The highest BCUT2D eigenvalue weighted by atomic mass is 16.2. The summed E-state index contributed by atoms with van der Waals surface area (Å²) in [6.07, 6.45) is 4.19. The average Bonchev–Trinajstić information content (AvgIpc) is 2.99. The molecule has 40 heavy (non-hydrogen) atoms. The highest BCUT2D eigenvalue weighted by molar-refractivity contribution is 6.10. The first-order valence-corrected chi connectivity index (χ1v) is 12.6. The van der Waals surface area contributed by atoms with Crippen molar-refractivity contribution in [2.75, 3.05) is 17.7 Å². The molecule has 0 spiro atoms. The molecule has 2 aromatic heterocycles. The Bertz CT molecular complexity index is 1630. The fourth-order valence-electron chi connectivity index (χ4n) is 4.04. The largest absolute Gasteiger partial charge is 0.323 e. The molecule has 9 heteroatoms. The van der Waals surface area contributed by atoms with Gasteiger partial charge >= 0.3 is 0 Å². The van der Waals surface area contributed by atoms with Gasteiger partial charge in [0, 0.05) is 29.2 Å². The quantitative estimate of drug-likeness (QED) is 0.209. The Labute approximate surface area is 231 Å². The number of hydrogen-bond donors (Lipinski definition) is 3. The van der Waals surface area contributed by atoms with Crippen LogP contribution in [-0.2, 0) is 16.1 Å². The molecular weight excluding hydrogens is 506 g/mol. The minimum atomic E-state index is -0.489. The lowest BCUT2D eigenvalue weighted by Gasteiger charge is -2.17. The summed E-state index contributed by atoms with van der Waals surface area (Å²) in [5.74, 6) is -1.01. The van der Waals surface area contributed by atoms with Gasteiger partial charge in [0.15, 0.2) is 5.78 Å². The zero-order valence-electron chi connectivity index (χ0n) is 22.2. The van der Waals surface area contributed by atoms with Crippen LogP contribution in [0.15, 0.2) is 103 Å². The summed E-state index contributed by atoms with van der Waals surface area (Å²) in [7, 11) is 1.66. The molecule has 2 amide bonds. The fraction of sp³-hybridized carbons (Fsp3) is 0.129. The summed E-state index contributed by atoms with van der Waals surface area (Å²) in [4.78, 5) is 55.3. The monoisotopic (exact) mass is 535 g/mol. The SMILES string of the molecule is C=CC(=O)Nc1cccc(C(=O)c2cncc(Cn3c(-c4ccccc4)ccc(NC(=O)[C@H](C)NC)c3=O)c2)c1. The molecule has 0 aliphatic carbocycles.